The zero-order chi connectivity index (χ0) is 4.91. The molecule has 7 heavy (non-hydrogen) atoms. The molecule has 2 aliphatic rings. The van der Waals surface area contributed by atoms with Gasteiger partial charge in [-0.2, -0.15) is 0 Å². The van der Waals surface area contributed by atoms with Gasteiger partial charge in [-0.3, -0.25) is 0 Å². The molecule has 2 fully saturated rings. The largest absolute Gasteiger partial charge is 0.0689 e. The van der Waals surface area contributed by atoms with E-state index in [0.29, 0.717) is 0 Å². The van der Waals surface area contributed by atoms with Gasteiger partial charge < -0.3 is 0 Å². The average Bonchev–Trinajstić information content (AvgIpc) is 1.67. The molecule has 0 aliphatic carbocycles. The van der Waals surface area contributed by atoms with Crippen LogP contribution in [0.4, 0.5) is 0 Å². The molecular formula is C6H12Si. The summed E-state index contributed by atoms with van der Waals surface area (Å²) in [5.74, 6) is 0. The zero-order valence-electron chi connectivity index (χ0n) is 4.91. The van der Waals surface area contributed by atoms with Crippen molar-refractivity contribution in [3.63, 3.8) is 0 Å². The van der Waals surface area contributed by atoms with E-state index < -0.39 is 0 Å². The van der Waals surface area contributed by atoms with E-state index in [0.717, 1.165) is 0 Å². The summed E-state index contributed by atoms with van der Waals surface area (Å²) in [4.78, 5) is 0. The van der Waals surface area contributed by atoms with E-state index in [1.165, 1.54) is 5.54 Å². The van der Waals surface area contributed by atoms with Crippen LogP contribution in [0.1, 0.15) is 12.8 Å². The van der Waals surface area contributed by atoms with E-state index in [4.69, 9.17) is 0 Å². The number of hydrogen-bond donors (Lipinski definition) is 0. The second kappa shape index (κ2) is 0.969. The van der Waals surface area contributed by atoms with Gasteiger partial charge in [0, 0.05) is 0 Å². The molecule has 2 rings (SSSR count). The lowest BCUT2D eigenvalue weighted by molar-refractivity contribution is 0.564. The normalized spacial score (nSPS) is 57.0. The molecule has 2 aliphatic heterocycles. The van der Waals surface area contributed by atoms with Gasteiger partial charge in [-0.05, 0) is 5.54 Å². The van der Waals surface area contributed by atoms with Gasteiger partial charge in [0.1, 0.15) is 0 Å². The van der Waals surface area contributed by atoms with Crippen molar-refractivity contribution in [2.45, 2.75) is 37.0 Å². The van der Waals surface area contributed by atoms with Gasteiger partial charge in [0.15, 0.2) is 0 Å². The highest BCUT2D eigenvalue weighted by molar-refractivity contribution is 6.85. The Hall–Kier alpha value is 0.217. The number of hydrogen-bond acceptors (Lipinski definition) is 0. The fraction of sp³-hybridized carbons (Fsp3) is 1.00. The highest BCUT2D eigenvalue weighted by Crippen LogP contribution is 2.57. The first-order chi connectivity index (χ1) is 3.31. The maximum atomic E-state index is 2.57. The highest BCUT2D eigenvalue weighted by Gasteiger charge is 2.51. The Bertz CT molecular complexity index is 90.4. The molecule has 0 radical (unpaired) electrons. The van der Waals surface area contributed by atoms with Crippen molar-refractivity contribution >= 4 is 8.07 Å². The van der Waals surface area contributed by atoms with Crippen LogP contribution in [0, 0.1) is 0 Å². The van der Waals surface area contributed by atoms with Crippen molar-refractivity contribution in [1.29, 1.82) is 0 Å². The van der Waals surface area contributed by atoms with Crippen molar-refractivity contribution in [3.05, 3.63) is 0 Å². The third kappa shape index (κ3) is 0.333. The van der Waals surface area contributed by atoms with Gasteiger partial charge >= 0.3 is 0 Å². The Kier molecular flexibility index (Phi) is 0.572. The second-order valence-corrected chi connectivity index (χ2v) is 8.55. The first-order valence-corrected chi connectivity index (χ1v) is 6.30. The molecule has 0 atom stereocenters. The first-order valence-electron chi connectivity index (χ1n) is 3.31. The minimum absolute atomic E-state index is 0.373. The topological polar surface area (TPSA) is 0 Å². The van der Waals surface area contributed by atoms with E-state index in [2.05, 4.69) is 6.55 Å². The van der Waals surface area contributed by atoms with Crippen LogP contribution in [0.5, 0.6) is 0 Å². The summed E-state index contributed by atoms with van der Waals surface area (Å²) in [5.41, 5.74) is 1.30. The first kappa shape index (κ1) is 4.13. The Balaban J connectivity index is 2.12. The zero-order valence-corrected chi connectivity index (χ0v) is 5.91. The van der Waals surface area contributed by atoms with Crippen LogP contribution in [0.2, 0.25) is 24.2 Å². The Morgan fingerprint density at radius 2 is 1.71 bits per heavy atom. The van der Waals surface area contributed by atoms with Crippen LogP contribution in [-0.2, 0) is 0 Å². The maximum Gasteiger partial charge on any atom is 0.0535 e. The lowest BCUT2D eigenvalue weighted by atomic mass is 10.2. The molecule has 0 amide bonds. The van der Waals surface area contributed by atoms with E-state index in [9.17, 15) is 0 Å². The van der Waals surface area contributed by atoms with Crippen LogP contribution < -0.4 is 0 Å². The molecule has 0 unspecified atom stereocenters. The van der Waals surface area contributed by atoms with Crippen LogP contribution in [0.15, 0.2) is 0 Å². The summed E-state index contributed by atoms with van der Waals surface area (Å²) in [5, 5.41) is 0. The SMILES string of the molecule is C[Si]12CCC1CC2. The molecule has 0 aromatic carbocycles. The summed E-state index contributed by atoms with van der Waals surface area (Å²) in [6, 6.07) is 3.33. The third-order valence-electron chi connectivity index (χ3n) is 3.11. The summed E-state index contributed by atoms with van der Waals surface area (Å²) < 4.78 is 0. The van der Waals surface area contributed by atoms with Gasteiger partial charge in [-0.25, -0.2) is 0 Å². The van der Waals surface area contributed by atoms with Crippen molar-refractivity contribution < 1.29 is 0 Å². The van der Waals surface area contributed by atoms with Gasteiger partial charge in [-0.15, -0.1) is 0 Å². The predicted octanol–water partition coefficient (Wildman–Crippen LogP) is 2.24. The van der Waals surface area contributed by atoms with Crippen molar-refractivity contribution in [3.8, 4) is 0 Å². The predicted molar refractivity (Wildman–Crippen MR) is 34.2 cm³/mol. The molecule has 0 N–H and O–H groups in total. The van der Waals surface area contributed by atoms with Crippen molar-refractivity contribution in [2.75, 3.05) is 0 Å². The van der Waals surface area contributed by atoms with Gasteiger partial charge in [0.05, 0.1) is 8.07 Å². The Labute approximate surface area is 45.9 Å². The number of rotatable bonds is 0. The third-order valence-corrected chi connectivity index (χ3v) is 8.52. The summed E-state index contributed by atoms with van der Waals surface area (Å²) in [7, 11) is -0.373. The fourth-order valence-electron chi connectivity index (χ4n) is 1.95. The highest BCUT2D eigenvalue weighted by atomic mass is 28.3. The second-order valence-electron chi connectivity index (χ2n) is 3.43. The molecule has 1 heteroatoms. The van der Waals surface area contributed by atoms with Crippen LogP contribution in [-0.4, -0.2) is 8.07 Å². The molecule has 0 nitrogen and oxygen atoms in total. The smallest absolute Gasteiger partial charge is 0.0535 e. The standard InChI is InChI=1S/C6H12Si/c1-7-4-2-6(7)3-5-7/h6H,2-5H2,1H3. The van der Waals surface area contributed by atoms with E-state index >= 15 is 0 Å². The quantitative estimate of drug-likeness (QED) is 0.422. The molecule has 2 heterocycles. The van der Waals surface area contributed by atoms with Crippen molar-refractivity contribution in [1.82, 2.24) is 0 Å². The molecule has 0 aromatic heterocycles. The molecule has 2 saturated heterocycles. The average molecular weight is 112 g/mol. The molecular weight excluding hydrogens is 100 g/mol. The lowest BCUT2D eigenvalue weighted by Crippen LogP contribution is -2.52. The molecule has 0 saturated carbocycles. The van der Waals surface area contributed by atoms with Gasteiger partial charge in [0.25, 0.3) is 0 Å². The molecule has 0 aromatic rings. The minimum atomic E-state index is -0.373. The van der Waals surface area contributed by atoms with Crippen LogP contribution in [0.3, 0.4) is 0 Å². The summed E-state index contributed by atoms with van der Waals surface area (Å²) in [6.45, 7) is 2.57. The molecule has 0 bridgehead atoms. The van der Waals surface area contributed by atoms with Crippen LogP contribution >= 0.6 is 0 Å². The van der Waals surface area contributed by atoms with Crippen LogP contribution in [0.25, 0.3) is 0 Å². The fourth-order valence-corrected chi connectivity index (χ4v) is 5.57. The summed E-state index contributed by atoms with van der Waals surface area (Å²) in [6.07, 6.45) is 3.20. The lowest BCUT2D eigenvalue weighted by Gasteiger charge is -2.55. The van der Waals surface area contributed by atoms with Crippen molar-refractivity contribution in [2.24, 2.45) is 0 Å². The Morgan fingerprint density at radius 1 is 1.29 bits per heavy atom. The van der Waals surface area contributed by atoms with Gasteiger partial charge in [0.2, 0.25) is 0 Å². The molecule has 0 spiro atoms. The minimum Gasteiger partial charge on any atom is -0.0689 e. The Morgan fingerprint density at radius 3 is 1.71 bits per heavy atom. The maximum absolute atomic E-state index is 2.57. The monoisotopic (exact) mass is 112 g/mol. The van der Waals surface area contributed by atoms with E-state index in [-0.39, 0.29) is 8.07 Å². The number of fused-ring (bicyclic) bond motifs is 1. The van der Waals surface area contributed by atoms with Gasteiger partial charge in [-0.1, -0.05) is 31.5 Å². The molecule has 40 valence electrons. The van der Waals surface area contributed by atoms with E-state index in [1.54, 1.807) is 24.9 Å². The summed E-state index contributed by atoms with van der Waals surface area (Å²) >= 11 is 0. The van der Waals surface area contributed by atoms with E-state index in [1.807, 2.05) is 0 Å².